The van der Waals surface area contributed by atoms with E-state index in [1.807, 2.05) is 12.1 Å². The lowest BCUT2D eigenvalue weighted by Gasteiger charge is -2.49. The Hall–Kier alpha value is -1.22. The van der Waals surface area contributed by atoms with E-state index in [9.17, 15) is 8.42 Å². The first kappa shape index (κ1) is 17.6. The molecule has 3 heterocycles. The first-order valence-electron chi connectivity index (χ1n) is 8.26. The Bertz CT molecular complexity index is 653. The van der Waals surface area contributed by atoms with E-state index in [0.717, 1.165) is 19.4 Å². The molecule has 1 aromatic heterocycles. The van der Waals surface area contributed by atoms with Gasteiger partial charge in [0.1, 0.15) is 5.75 Å². The highest BCUT2D eigenvalue weighted by Gasteiger charge is 2.49. The van der Waals surface area contributed by atoms with Crippen LogP contribution >= 0.6 is 0 Å². The van der Waals surface area contributed by atoms with Crippen LogP contribution in [0.2, 0.25) is 0 Å². The van der Waals surface area contributed by atoms with Crippen molar-refractivity contribution in [3.8, 4) is 5.75 Å². The summed E-state index contributed by atoms with van der Waals surface area (Å²) in [6.45, 7) is 2.08. The third-order valence-corrected chi connectivity index (χ3v) is 6.79. The van der Waals surface area contributed by atoms with Crippen molar-refractivity contribution < 1.29 is 17.9 Å². The molecule has 0 aliphatic carbocycles. The van der Waals surface area contributed by atoms with Crippen LogP contribution in [0.4, 0.5) is 0 Å². The second kappa shape index (κ2) is 6.95. The van der Waals surface area contributed by atoms with E-state index in [0.29, 0.717) is 31.9 Å². The van der Waals surface area contributed by atoms with Gasteiger partial charge in [0.15, 0.2) is 0 Å². The molecule has 2 aliphatic heterocycles. The van der Waals surface area contributed by atoms with Crippen LogP contribution in [-0.4, -0.2) is 68.5 Å². The first-order valence-corrected chi connectivity index (χ1v) is 9.66. The number of hydrogen-bond acceptors (Lipinski definition) is 5. The van der Waals surface area contributed by atoms with Crippen LogP contribution in [0, 0.1) is 5.41 Å². The largest absolute Gasteiger partial charge is 0.491 e. The van der Waals surface area contributed by atoms with E-state index in [1.54, 1.807) is 30.8 Å². The fraction of sp³-hybridized carbons (Fsp3) is 0.688. The van der Waals surface area contributed by atoms with Crippen molar-refractivity contribution in [2.45, 2.75) is 25.4 Å². The van der Waals surface area contributed by atoms with Gasteiger partial charge < -0.3 is 9.47 Å². The average molecular weight is 355 g/mol. The zero-order valence-electron chi connectivity index (χ0n) is 14.2. The molecular weight excluding hydrogens is 330 g/mol. The lowest BCUT2D eigenvalue weighted by Crippen LogP contribution is -2.59. The third-order valence-electron chi connectivity index (χ3n) is 4.90. The number of nitrogens with zero attached hydrogens (tertiary/aromatic N) is 3. The highest BCUT2D eigenvalue weighted by molar-refractivity contribution is 7.86. The van der Waals surface area contributed by atoms with Gasteiger partial charge in [0.2, 0.25) is 0 Å². The standard InChI is InChI=1S/C16H25N3O4S/c1-18(2)24(20,21)19-9-6-15-16(12-19,7-4-10-22-15)13-23-14-5-3-8-17-11-14/h3,5,8,11,15H,4,6-7,9-10,12-13H2,1-2H3/t15-,16+/m0/s1. The fourth-order valence-corrected chi connectivity index (χ4v) is 4.77. The van der Waals surface area contributed by atoms with Crippen LogP contribution in [0.15, 0.2) is 24.5 Å². The minimum Gasteiger partial charge on any atom is -0.491 e. The fourth-order valence-electron chi connectivity index (χ4n) is 3.55. The molecule has 2 saturated heterocycles. The molecular formula is C16H25N3O4S. The van der Waals surface area contributed by atoms with Crippen LogP contribution < -0.4 is 4.74 Å². The second-order valence-corrected chi connectivity index (χ2v) is 8.86. The van der Waals surface area contributed by atoms with Crippen molar-refractivity contribution in [3.63, 3.8) is 0 Å². The Morgan fingerprint density at radius 3 is 3.04 bits per heavy atom. The number of ether oxygens (including phenoxy) is 2. The molecule has 0 amide bonds. The molecule has 0 aromatic carbocycles. The predicted molar refractivity (Wildman–Crippen MR) is 89.9 cm³/mol. The number of aromatic nitrogens is 1. The van der Waals surface area contributed by atoms with Gasteiger partial charge in [-0.15, -0.1) is 0 Å². The maximum Gasteiger partial charge on any atom is 0.281 e. The lowest BCUT2D eigenvalue weighted by atomic mass is 9.73. The Morgan fingerprint density at radius 2 is 2.33 bits per heavy atom. The maximum atomic E-state index is 12.5. The number of fused-ring (bicyclic) bond motifs is 1. The first-order chi connectivity index (χ1) is 11.4. The summed E-state index contributed by atoms with van der Waals surface area (Å²) >= 11 is 0. The van der Waals surface area contributed by atoms with Gasteiger partial charge in [-0.1, -0.05) is 0 Å². The molecule has 7 nitrogen and oxygen atoms in total. The van der Waals surface area contributed by atoms with Gasteiger partial charge in [-0.2, -0.15) is 17.0 Å². The van der Waals surface area contributed by atoms with E-state index in [2.05, 4.69) is 4.98 Å². The molecule has 0 spiro atoms. The van der Waals surface area contributed by atoms with Crippen LogP contribution in [0.1, 0.15) is 19.3 Å². The van der Waals surface area contributed by atoms with Crippen LogP contribution in [0.3, 0.4) is 0 Å². The molecule has 1 aromatic rings. The quantitative estimate of drug-likeness (QED) is 0.792. The number of hydrogen-bond donors (Lipinski definition) is 0. The maximum absolute atomic E-state index is 12.5. The molecule has 8 heteroatoms. The number of rotatable bonds is 5. The van der Waals surface area contributed by atoms with Crippen LogP contribution in [0.5, 0.6) is 5.75 Å². The van der Waals surface area contributed by atoms with Gasteiger partial charge in [0.05, 0.1) is 18.9 Å². The topological polar surface area (TPSA) is 72.0 Å². The highest BCUT2D eigenvalue weighted by atomic mass is 32.2. The van der Waals surface area contributed by atoms with Crippen molar-refractivity contribution in [2.24, 2.45) is 5.41 Å². The average Bonchev–Trinajstić information content (AvgIpc) is 2.60. The van der Waals surface area contributed by atoms with E-state index in [4.69, 9.17) is 9.47 Å². The van der Waals surface area contributed by atoms with Crippen LogP contribution in [-0.2, 0) is 14.9 Å². The summed E-state index contributed by atoms with van der Waals surface area (Å²) in [7, 11) is -0.294. The summed E-state index contributed by atoms with van der Waals surface area (Å²) in [5, 5.41) is 0. The van der Waals surface area contributed by atoms with Gasteiger partial charge in [-0.25, -0.2) is 0 Å². The molecule has 2 fully saturated rings. The number of pyridine rings is 1. The molecule has 2 aliphatic rings. The molecule has 0 bridgehead atoms. The molecule has 0 unspecified atom stereocenters. The SMILES string of the molecule is CN(C)S(=O)(=O)N1CC[C@@H]2OCCC[C@]2(COc2cccnc2)C1. The predicted octanol–water partition coefficient (Wildman–Crippen LogP) is 1.14. The van der Waals surface area contributed by atoms with Crippen LogP contribution in [0.25, 0.3) is 0 Å². The summed E-state index contributed by atoms with van der Waals surface area (Å²) in [5.74, 6) is 0.698. The Kier molecular flexibility index (Phi) is 5.10. The molecule has 24 heavy (non-hydrogen) atoms. The van der Waals surface area contributed by atoms with Crippen molar-refractivity contribution in [1.82, 2.24) is 13.6 Å². The highest BCUT2D eigenvalue weighted by Crippen LogP contribution is 2.41. The molecule has 3 rings (SSSR count). The second-order valence-electron chi connectivity index (χ2n) is 6.72. The summed E-state index contributed by atoms with van der Waals surface area (Å²) in [6, 6.07) is 3.69. The van der Waals surface area contributed by atoms with Gasteiger partial charge in [0, 0.05) is 45.4 Å². The Labute approximate surface area is 143 Å². The minimum absolute atomic E-state index is 0.0385. The zero-order valence-corrected chi connectivity index (χ0v) is 15.0. The monoisotopic (exact) mass is 355 g/mol. The van der Waals surface area contributed by atoms with E-state index >= 15 is 0 Å². The van der Waals surface area contributed by atoms with Gasteiger partial charge in [-0.05, 0) is 31.4 Å². The van der Waals surface area contributed by atoms with Crippen molar-refractivity contribution in [2.75, 3.05) is 40.4 Å². The van der Waals surface area contributed by atoms with E-state index in [1.165, 1.54) is 4.31 Å². The zero-order chi connectivity index (χ0) is 17.2. The summed E-state index contributed by atoms with van der Waals surface area (Å²) in [6.07, 6.45) is 5.93. The minimum atomic E-state index is -3.43. The molecule has 0 N–H and O–H groups in total. The van der Waals surface area contributed by atoms with Gasteiger partial charge in [-0.3, -0.25) is 4.98 Å². The summed E-state index contributed by atoms with van der Waals surface area (Å²) in [5.41, 5.74) is -0.310. The molecule has 2 atom stereocenters. The van der Waals surface area contributed by atoms with Crippen molar-refractivity contribution in [1.29, 1.82) is 0 Å². The van der Waals surface area contributed by atoms with E-state index in [-0.39, 0.29) is 11.5 Å². The third kappa shape index (κ3) is 3.42. The normalized spacial score (nSPS) is 28.5. The van der Waals surface area contributed by atoms with Gasteiger partial charge in [0.25, 0.3) is 10.2 Å². The van der Waals surface area contributed by atoms with Crippen molar-refractivity contribution in [3.05, 3.63) is 24.5 Å². The number of piperidine rings is 1. The van der Waals surface area contributed by atoms with Gasteiger partial charge >= 0.3 is 0 Å². The smallest absolute Gasteiger partial charge is 0.281 e. The summed E-state index contributed by atoms with van der Waals surface area (Å²) in [4.78, 5) is 4.06. The molecule has 134 valence electrons. The van der Waals surface area contributed by atoms with Crippen molar-refractivity contribution >= 4 is 10.2 Å². The Balaban J connectivity index is 1.79. The summed E-state index contributed by atoms with van der Waals surface area (Å²) < 4.78 is 39.8. The van der Waals surface area contributed by atoms with E-state index < -0.39 is 10.2 Å². The molecule has 0 radical (unpaired) electrons. The Morgan fingerprint density at radius 1 is 1.50 bits per heavy atom. The lowest BCUT2D eigenvalue weighted by molar-refractivity contribution is -0.128. The molecule has 0 saturated carbocycles.